The number of aromatic nitrogens is 4. The summed E-state index contributed by atoms with van der Waals surface area (Å²) in [5.41, 5.74) is 18.1. The van der Waals surface area contributed by atoms with Gasteiger partial charge in [-0.2, -0.15) is 0 Å². The molecule has 14 nitrogen and oxygen atoms in total. The molecule has 90 heavy (non-hydrogen) atoms. The number of rotatable bonds is 6. The van der Waals surface area contributed by atoms with Gasteiger partial charge < -0.3 is 25.4 Å². The Bertz CT molecular complexity index is 4050. The fraction of sp³-hybridized carbons (Fsp3) is 0.368. The second-order valence-corrected chi connectivity index (χ2v) is 26.0. The zero-order valence-electron chi connectivity index (χ0n) is 53.1. The summed E-state index contributed by atoms with van der Waals surface area (Å²) in [5.74, 6) is 3.99. The van der Waals surface area contributed by atoms with Gasteiger partial charge in [0.05, 0.1) is 44.1 Å². The third-order valence-electron chi connectivity index (χ3n) is 18.6. The van der Waals surface area contributed by atoms with Crippen molar-refractivity contribution in [3.8, 4) is 11.5 Å². The monoisotopic (exact) mass is 1210 g/mol. The first-order valence-electron chi connectivity index (χ1n) is 32.1. The molecule has 3 N–H and O–H groups in total. The molecule has 2 saturated carbocycles. The van der Waals surface area contributed by atoms with Crippen LogP contribution >= 0.6 is 0 Å². The molecule has 5 heterocycles. The van der Waals surface area contributed by atoms with Gasteiger partial charge in [-0.05, 0) is 132 Å². The number of amides is 3. The van der Waals surface area contributed by atoms with Crippen LogP contribution < -0.4 is 20.5 Å². The summed E-state index contributed by atoms with van der Waals surface area (Å²) in [5, 5.41) is 7.89. The fourth-order valence-electron chi connectivity index (χ4n) is 14.3. The highest BCUT2D eigenvalue weighted by atomic mass is 16.7. The van der Waals surface area contributed by atoms with E-state index in [-0.39, 0.29) is 30.0 Å². The smallest absolute Gasteiger partial charge is 0.330 e. The number of carbonyl (C=O) groups is 4. The van der Waals surface area contributed by atoms with Crippen LogP contribution in [0.2, 0.25) is 0 Å². The van der Waals surface area contributed by atoms with E-state index in [1.54, 1.807) is 0 Å². The van der Waals surface area contributed by atoms with Crippen molar-refractivity contribution in [1.82, 2.24) is 30.3 Å². The van der Waals surface area contributed by atoms with E-state index in [4.69, 9.17) is 35.1 Å². The number of para-hydroxylation sites is 4. The molecule has 464 valence electrons. The molecule has 15 rings (SSSR count). The minimum absolute atomic E-state index is 0.0333. The molecule has 0 bridgehead atoms. The standard InChI is InChI=1S/2C26H26N2O.C10H13NO.C8H11N.C6H7NO4/c2*1-15-12-13-19-18(14-15)22-24-23(27-20-10-6-7-11-21(20)28-24)16-8-4-5-9-17(16)25(22)29-26(19,2)3;1-9(12)11-8-7-10-5-3-2-4-6-10;9-7-6-8-4-2-1-3-5-8;1-4(8)11-7-5(9)2-3-6(7)10/h2*4-11,15,18-19H,12-14H2,1-3H3;2-6H,7-8H2,1H3,(H,11,12);1-5H,6-7,9H2;2-3H2,1H3/t2*15-,18-,19-;;;/m00.../s1. The van der Waals surface area contributed by atoms with Gasteiger partial charge in [0, 0.05) is 77.7 Å². The van der Waals surface area contributed by atoms with Crippen LogP contribution in [-0.4, -0.2) is 73.0 Å². The Labute approximate surface area is 527 Å². The van der Waals surface area contributed by atoms with Crippen molar-refractivity contribution in [3.63, 3.8) is 0 Å². The molecule has 6 atom stereocenters. The van der Waals surface area contributed by atoms with Crippen LogP contribution in [0.5, 0.6) is 11.5 Å². The number of hydrogen-bond acceptors (Lipinski definition) is 12. The van der Waals surface area contributed by atoms with Gasteiger partial charge in [-0.3, -0.25) is 14.4 Å². The molecular formula is C76H83N7O7. The number of ether oxygens (including phenoxy) is 2. The molecule has 3 aliphatic heterocycles. The van der Waals surface area contributed by atoms with Crippen molar-refractivity contribution in [3.05, 3.63) is 180 Å². The van der Waals surface area contributed by atoms with Crippen molar-refractivity contribution in [1.29, 1.82) is 0 Å². The minimum Gasteiger partial charge on any atom is -0.487 e. The third kappa shape index (κ3) is 13.5. The molecule has 0 spiro atoms. The van der Waals surface area contributed by atoms with Gasteiger partial charge in [-0.25, -0.2) is 24.7 Å². The van der Waals surface area contributed by atoms with Crippen LogP contribution in [0.3, 0.4) is 0 Å². The molecule has 10 aromatic rings. The van der Waals surface area contributed by atoms with E-state index in [0.29, 0.717) is 28.7 Å². The van der Waals surface area contributed by atoms with Crippen molar-refractivity contribution in [2.45, 2.75) is 143 Å². The van der Waals surface area contributed by atoms with Crippen molar-refractivity contribution >= 4 is 89.4 Å². The van der Waals surface area contributed by atoms with E-state index < -0.39 is 17.8 Å². The number of imide groups is 1. The third-order valence-corrected chi connectivity index (χ3v) is 18.6. The van der Waals surface area contributed by atoms with Crippen molar-refractivity contribution in [2.75, 3.05) is 13.1 Å². The van der Waals surface area contributed by atoms with Crippen LogP contribution in [0, 0.1) is 23.7 Å². The lowest BCUT2D eigenvalue weighted by Gasteiger charge is -2.49. The lowest BCUT2D eigenvalue weighted by Crippen LogP contribution is -2.46. The van der Waals surface area contributed by atoms with Crippen LogP contribution in [0.1, 0.15) is 141 Å². The van der Waals surface area contributed by atoms with E-state index in [1.165, 1.54) is 78.5 Å². The summed E-state index contributed by atoms with van der Waals surface area (Å²) >= 11 is 0. The average molecular weight is 1210 g/mol. The maximum absolute atomic E-state index is 10.7. The predicted molar refractivity (Wildman–Crippen MR) is 358 cm³/mol. The van der Waals surface area contributed by atoms with Gasteiger partial charge in [-0.1, -0.05) is 160 Å². The number of fused-ring (bicyclic) bond motifs is 18. The molecule has 14 heteroatoms. The highest BCUT2D eigenvalue weighted by molar-refractivity contribution is 6.12. The molecule has 3 fully saturated rings. The van der Waals surface area contributed by atoms with Crippen molar-refractivity contribution in [2.24, 2.45) is 29.4 Å². The number of nitrogens with one attached hydrogen (secondary N) is 1. The van der Waals surface area contributed by atoms with E-state index >= 15 is 0 Å². The van der Waals surface area contributed by atoms with Gasteiger partial charge >= 0.3 is 5.97 Å². The number of carbonyl (C=O) groups excluding carboxylic acids is 4. The van der Waals surface area contributed by atoms with Crippen LogP contribution in [0.25, 0.3) is 65.7 Å². The largest absolute Gasteiger partial charge is 0.487 e. The number of nitrogens with two attached hydrogens (primary N) is 1. The fourth-order valence-corrected chi connectivity index (χ4v) is 14.3. The number of nitrogens with zero attached hydrogens (tertiary/aromatic N) is 5. The normalized spacial score (nSPS) is 20.8. The quantitative estimate of drug-likeness (QED) is 0.0912. The molecule has 3 amide bonds. The Morgan fingerprint density at radius 3 is 1.28 bits per heavy atom. The van der Waals surface area contributed by atoms with Crippen LogP contribution in [0.15, 0.2) is 158 Å². The summed E-state index contributed by atoms with van der Waals surface area (Å²) in [6.45, 7) is 18.0. The molecule has 2 aromatic heterocycles. The number of hydroxylamine groups is 2. The van der Waals surface area contributed by atoms with Gasteiger partial charge in [0.15, 0.2) is 0 Å². The average Bonchev–Trinajstić information content (AvgIpc) is 0.784. The zero-order chi connectivity index (χ0) is 63.3. The lowest BCUT2D eigenvalue weighted by atomic mass is 9.64. The Kier molecular flexibility index (Phi) is 18.9. The second-order valence-electron chi connectivity index (χ2n) is 26.0. The van der Waals surface area contributed by atoms with Gasteiger partial charge in [-0.15, -0.1) is 5.06 Å². The Morgan fingerprint density at radius 1 is 0.522 bits per heavy atom. The Balaban J connectivity index is 0.000000127. The maximum Gasteiger partial charge on any atom is 0.330 e. The van der Waals surface area contributed by atoms with E-state index in [2.05, 4.69) is 149 Å². The predicted octanol–water partition coefficient (Wildman–Crippen LogP) is 15.4. The molecule has 2 aliphatic carbocycles. The second kappa shape index (κ2) is 27.1. The first-order valence-corrected chi connectivity index (χ1v) is 32.1. The summed E-state index contributed by atoms with van der Waals surface area (Å²) in [4.78, 5) is 67.2. The summed E-state index contributed by atoms with van der Waals surface area (Å²) in [6, 6.07) is 53.9. The Hall–Kier alpha value is -8.88. The molecular weight excluding hydrogens is 1120 g/mol. The number of hydrogen-bond donors (Lipinski definition) is 2. The van der Waals surface area contributed by atoms with E-state index in [9.17, 15) is 19.2 Å². The molecule has 0 unspecified atom stereocenters. The van der Waals surface area contributed by atoms with Gasteiger partial charge in [0.1, 0.15) is 22.7 Å². The lowest BCUT2D eigenvalue weighted by molar-refractivity contribution is -0.195. The molecule has 0 radical (unpaired) electrons. The Morgan fingerprint density at radius 2 is 0.889 bits per heavy atom. The maximum atomic E-state index is 10.7. The highest BCUT2D eigenvalue weighted by Gasteiger charge is 2.49. The summed E-state index contributed by atoms with van der Waals surface area (Å²) in [6.07, 6.45) is 9.55. The van der Waals surface area contributed by atoms with E-state index in [0.717, 1.165) is 111 Å². The van der Waals surface area contributed by atoms with Gasteiger partial charge in [0.25, 0.3) is 11.8 Å². The van der Waals surface area contributed by atoms with Crippen LogP contribution in [0.4, 0.5) is 0 Å². The first-order chi connectivity index (χ1) is 43.4. The topological polar surface area (TPSA) is 189 Å². The minimum atomic E-state index is -0.659. The number of benzene rings is 8. The molecule has 1 saturated heterocycles. The van der Waals surface area contributed by atoms with Crippen LogP contribution in [-0.2, 0) is 36.9 Å². The summed E-state index contributed by atoms with van der Waals surface area (Å²) < 4.78 is 13.6. The highest BCUT2D eigenvalue weighted by Crippen LogP contribution is 2.58. The van der Waals surface area contributed by atoms with Crippen molar-refractivity contribution < 1.29 is 33.5 Å². The zero-order valence-corrected chi connectivity index (χ0v) is 53.1. The molecule has 8 aromatic carbocycles. The van der Waals surface area contributed by atoms with E-state index in [1.807, 2.05) is 60.7 Å². The SMILES string of the molecule is CC(=O)NCCc1ccccc1.CC(=O)ON1C(=O)CCC1=O.C[C@H]1CC[C@H]2[C@H](C1)c1c(c3ccccc3c3nc4ccccc4nc13)OC2(C)C.C[C@H]1CC[C@H]2[C@H](C1)c1c(c3ccccc3c3nc4ccccc4nc13)OC2(C)C.NCCc1ccccc1. The summed E-state index contributed by atoms with van der Waals surface area (Å²) in [7, 11) is 0. The van der Waals surface area contributed by atoms with Gasteiger partial charge in [0.2, 0.25) is 5.91 Å². The molecule has 5 aliphatic rings. The first kappa shape index (κ1) is 62.7.